The maximum absolute atomic E-state index is 13.0. The van der Waals surface area contributed by atoms with Gasteiger partial charge in [0, 0.05) is 12.5 Å². The Hall–Kier alpha value is -2.34. The summed E-state index contributed by atoms with van der Waals surface area (Å²) in [5.41, 5.74) is 2.14. The lowest BCUT2D eigenvalue weighted by Gasteiger charge is -2.26. The summed E-state index contributed by atoms with van der Waals surface area (Å²) in [6, 6.07) is 6.51. The van der Waals surface area contributed by atoms with Crippen LogP contribution in [0, 0.1) is 0 Å². The van der Waals surface area contributed by atoms with Crippen LogP contribution in [-0.2, 0) is 0 Å². The van der Waals surface area contributed by atoms with Gasteiger partial charge in [-0.1, -0.05) is 31.4 Å². The molecule has 0 radical (unpaired) electrons. The minimum atomic E-state index is -0.851. The lowest BCUT2D eigenvalue weighted by Crippen LogP contribution is -2.35. The predicted molar refractivity (Wildman–Crippen MR) is 99.1 cm³/mol. The van der Waals surface area contributed by atoms with Gasteiger partial charge in [0.05, 0.1) is 30.1 Å². The number of hydrogen-bond acceptors (Lipinski definition) is 4. The summed E-state index contributed by atoms with van der Waals surface area (Å²) in [7, 11) is 0. The molecule has 1 aromatic heterocycles. The molecule has 0 spiro atoms. The van der Waals surface area contributed by atoms with E-state index in [-0.39, 0.29) is 18.2 Å². The first-order chi connectivity index (χ1) is 12.6. The molecule has 26 heavy (non-hydrogen) atoms. The molecule has 140 valence electrons. The number of nitrogens with one attached hydrogen (secondary N) is 1. The van der Waals surface area contributed by atoms with Gasteiger partial charge in [0.25, 0.3) is 5.91 Å². The van der Waals surface area contributed by atoms with Crippen LogP contribution in [0.5, 0.6) is 5.75 Å². The van der Waals surface area contributed by atoms with Gasteiger partial charge in [-0.05, 0) is 37.5 Å². The second-order valence-electron chi connectivity index (χ2n) is 6.99. The molecular formula is C20H27N3O3. The fourth-order valence-corrected chi connectivity index (χ4v) is 3.74. The lowest BCUT2D eigenvalue weighted by molar-refractivity contribution is 0.0633. The molecule has 0 unspecified atom stereocenters. The zero-order chi connectivity index (χ0) is 18.5. The minimum Gasteiger partial charge on any atom is -0.508 e. The highest BCUT2D eigenvalue weighted by molar-refractivity contribution is 5.95. The van der Waals surface area contributed by atoms with Gasteiger partial charge in [-0.15, -0.1) is 0 Å². The normalized spacial score (nSPS) is 16.4. The van der Waals surface area contributed by atoms with E-state index in [1.165, 1.54) is 25.3 Å². The number of H-pyrrole nitrogens is 1. The first kappa shape index (κ1) is 18.5. The molecule has 1 heterocycles. The molecule has 1 atom stereocenters. The number of amides is 1. The number of carbonyl (C=O) groups is 1. The first-order valence-electron chi connectivity index (χ1n) is 9.39. The van der Waals surface area contributed by atoms with Crippen LogP contribution in [0.25, 0.3) is 0 Å². The van der Waals surface area contributed by atoms with E-state index in [0.29, 0.717) is 23.6 Å². The SMILES string of the molecule is CCN(C[C@H](O)c1cccc(O)c1)C(=O)c1cn[nH]c1C1CCCCC1. The number of rotatable bonds is 6. The molecule has 2 aromatic rings. The molecule has 1 fully saturated rings. The predicted octanol–water partition coefficient (Wildman–Crippen LogP) is 3.36. The van der Waals surface area contributed by atoms with E-state index in [9.17, 15) is 15.0 Å². The van der Waals surface area contributed by atoms with Gasteiger partial charge in [0.2, 0.25) is 0 Å². The summed E-state index contributed by atoms with van der Waals surface area (Å²) in [6.45, 7) is 2.56. The van der Waals surface area contributed by atoms with E-state index in [2.05, 4.69) is 10.2 Å². The zero-order valence-corrected chi connectivity index (χ0v) is 15.2. The fraction of sp³-hybridized carbons (Fsp3) is 0.500. The molecule has 0 saturated heterocycles. The van der Waals surface area contributed by atoms with Gasteiger partial charge in [-0.2, -0.15) is 5.10 Å². The first-order valence-corrected chi connectivity index (χ1v) is 9.39. The number of aromatic amines is 1. The molecule has 6 heteroatoms. The van der Waals surface area contributed by atoms with Crippen molar-refractivity contribution in [1.29, 1.82) is 0 Å². The topological polar surface area (TPSA) is 89.4 Å². The molecule has 1 aromatic carbocycles. The molecular weight excluding hydrogens is 330 g/mol. The Kier molecular flexibility index (Phi) is 5.93. The fourth-order valence-electron chi connectivity index (χ4n) is 3.74. The second kappa shape index (κ2) is 8.36. The van der Waals surface area contributed by atoms with Crippen molar-refractivity contribution < 1.29 is 15.0 Å². The van der Waals surface area contributed by atoms with E-state index in [1.54, 1.807) is 29.3 Å². The number of carbonyl (C=O) groups excluding carboxylic acids is 1. The molecule has 1 amide bonds. The van der Waals surface area contributed by atoms with Gasteiger partial charge in [-0.25, -0.2) is 0 Å². The molecule has 0 aliphatic heterocycles. The van der Waals surface area contributed by atoms with E-state index in [1.807, 2.05) is 6.92 Å². The van der Waals surface area contributed by atoms with Crippen molar-refractivity contribution in [2.24, 2.45) is 0 Å². The van der Waals surface area contributed by atoms with Crippen LogP contribution in [0.4, 0.5) is 0 Å². The maximum Gasteiger partial charge on any atom is 0.257 e. The minimum absolute atomic E-state index is 0.102. The standard InChI is InChI=1S/C20H27N3O3/c1-2-23(13-18(25)15-9-6-10-16(24)11-15)20(26)17-12-21-22-19(17)14-7-4-3-5-8-14/h6,9-12,14,18,24-25H,2-5,7-8,13H2,1H3,(H,21,22)/t18-/m0/s1. The van der Waals surface area contributed by atoms with E-state index in [4.69, 9.17) is 0 Å². The summed E-state index contributed by atoms with van der Waals surface area (Å²) >= 11 is 0. The Morgan fingerprint density at radius 3 is 2.81 bits per heavy atom. The number of aliphatic hydroxyl groups is 1. The molecule has 1 aliphatic carbocycles. The molecule has 0 bridgehead atoms. The van der Waals surface area contributed by atoms with Crippen molar-refractivity contribution in [2.45, 2.75) is 51.0 Å². The third-order valence-corrected chi connectivity index (χ3v) is 5.23. The van der Waals surface area contributed by atoms with Crippen LogP contribution in [0.1, 0.15) is 72.7 Å². The number of phenolic OH excluding ortho intramolecular Hbond substituents is 1. The molecule has 3 rings (SSSR count). The highest BCUT2D eigenvalue weighted by Gasteiger charge is 2.27. The van der Waals surface area contributed by atoms with Gasteiger partial charge in [-0.3, -0.25) is 9.89 Å². The van der Waals surface area contributed by atoms with Crippen molar-refractivity contribution in [3.05, 3.63) is 47.3 Å². The summed E-state index contributed by atoms with van der Waals surface area (Å²) < 4.78 is 0. The Labute approximate surface area is 153 Å². The number of nitrogens with zero attached hydrogens (tertiary/aromatic N) is 2. The van der Waals surface area contributed by atoms with E-state index < -0.39 is 6.10 Å². The summed E-state index contributed by atoms with van der Waals surface area (Å²) in [5, 5.41) is 27.2. The summed E-state index contributed by atoms with van der Waals surface area (Å²) in [5.74, 6) is 0.353. The Morgan fingerprint density at radius 2 is 2.12 bits per heavy atom. The Balaban J connectivity index is 1.74. The largest absolute Gasteiger partial charge is 0.508 e. The van der Waals surface area contributed by atoms with Crippen LogP contribution in [0.2, 0.25) is 0 Å². The van der Waals surface area contributed by atoms with E-state index >= 15 is 0 Å². The number of hydrogen-bond donors (Lipinski definition) is 3. The van der Waals surface area contributed by atoms with Gasteiger partial charge in [0.15, 0.2) is 0 Å². The average Bonchev–Trinajstić information content (AvgIpc) is 3.16. The summed E-state index contributed by atoms with van der Waals surface area (Å²) in [4.78, 5) is 14.7. The number of aliphatic hydroxyl groups excluding tert-OH is 1. The number of benzene rings is 1. The molecule has 1 aliphatic rings. The van der Waals surface area contributed by atoms with Gasteiger partial charge >= 0.3 is 0 Å². The Morgan fingerprint density at radius 1 is 1.35 bits per heavy atom. The third-order valence-electron chi connectivity index (χ3n) is 5.23. The molecule has 6 nitrogen and oxygen atoms in total. The number of aromatic nitrogens is 2. The van der Waals surface area contributed by atoms with Crippen molar-refractivity contribution >= 4 is 5.91 Å². The number of likely N-dealkylation sites (N-methyl/N-ethyl adjacent to an activating group) is 1. The van der Waals surface area contributed by atoms with Crippen molar-refractivity contribution in [2.75, 3.05) is 13.1 Å². The Bertz CT molecular complexity index is 737. The zero-order valence-electron chi connectivity index (χ0n) is 15.2. The lowest BCUT2D eigenvalue weighted by atomic mass is 9.85. The van der Waals surface area contributed by atoms with Crippen LogP contribution in [-0.4, -0.2) is 44.3 Å². The average molecular weight is 357 g/mol. The monoisotopic (exact) mass is 357 g/mol. The van der Waals surface area contributed by atoms with Crippen molar-refractivity contribution in [3.8, 4) is 5.75 Å². The quantitative estimate of drug-likeness (QED) is 0.739. The number of phenols is 1. The number of aromatic hydroxyl groups is 1. The van der Waals surface area contributed by atoms with Gasteiger partial charge in [0.1, 0.15) is 5.75 Å². The highest BCUT2D eigenvalue weighted by Crippen LogP contribution is 2.33. The van der Waals surface area contributed by atoms with E-state index in [0.717, 1.165) is 18.5 Å². The maximum atomic E-state index is 13.0. The van der Waals surface area contributed by atoms with Crippen molar-refractivity contribution in [1.82, 2.24) is 15.1 Å². The molecule has 3 N–H and O–H groups in total. The smallest absolute Gasteiger partial charge is 0.257 e. The molecule has 1 saturated carbocycles. The van der Waals surface area contributed by atoms with Crippen LogP contribution >= 0.6 is 0 Å². The van der Waals surface area contributed by atoms with Gasteiger partial charge < -0.3 is 15.1 Å². The summed E-state index contributed by atoms with van der Waals surface area (Å²) in [6.07, 6.45) is 6.55. The third kappa shape index (κ3) is 4.07. The second-order valence-corrected chi connectivity index (χ2v) is 6.99. The van der Waals surface area contributed by atoms with Crippen molar-refractivity contribution in [3.63, 3.8) is 0 Å². The van der Waals surface area contributed by atoms with Crippen LogP contribution < -0.4 is 0 Å². The van der Waals surface area contributed by atoms with Crippen LogP contribution in [0.15, 0.2) is 30.5 Å². The highest BCUT2D eigenvalue weighted by atomic mass is 16.3. The van der Waals surface area contributed by atoms with Crippen LogP contribution in [0.3, 0.4) is 0 Å².